The number of anilines is 1. The maximum absolute atomic E-state index is 10.6. The first-order valence-corrected chi connectivity index (χ1v) is 5.70. The quantitative estimate of drug-likeness (QED) is 0.835. The lowest BCUT2D eigenvalue weighted by Gasteiger charge is -2.07. The lowest BCUT2D eigenvalue weighted by atomic mass is 10.2. The number of nitrogens with one attached hydrogen (secondary N) is 1. The monoisotopic (exact) mass is 283 g/mol. The summed E-state index contributed by atoms with van der Waals surface area (Å²) in [7, 11) is 0. The second kappa shape index (κ2) is 5.70. The highest BCUT2D eigenvalue weighted by Gasteiger charge is 2.00. The molecule has 0 radical (unpaired) electrons. The summed E-state index contributed by atoms with van der Waals surface area (Å²) in [6.07, 6.45) is 1.65. The van der Waals surface area contributed by atoms with Gasteiger partial charge in [0.25, 0.3) is 0 Å². The van der Waals surface area contributed by atoms with E-state index in [9.17, 15) is 4.79 Å². The van der Waals surface area contributed by atoms with Crippen LogP contribution in [0.25, 0.3) is 0 Å². The summed E-state index contributed by atoms with van der Waals surface area (Å²) in [5, 5.41) is 11.8. The minimum Gasteiger partial charge on any atom is -0.478 e. The highest BCUT2D eigenvalue weighted by Crippen LogP contribution is 2.23. The van der Waals surface area contributed by atoms with Crippen molar-refractivity contribution in [1.82, 2.24) is 0 Å². The third-order valence-corrected chi connectivity index (χ3v) is 2.85. The molecular formula is C12H14BrNO2. The number of carbonyl (C=O) groups is 1. The van der Waals surface area contributed by atoms with Crippen LogP contribution in [0.15, 0.2) is 34.3 Å². The molecule has 0 amide bonds. The number of hydrogen-bond acceptors (Lipinski definition) is 2. The number of rotatable bonds is 4. The second-order valence-corrected chi connectivity index (χ2v) is 4.41. The molecule has 0 saturated heterocycles. The van der Waals surface area contributed by atoms with E-state index in [-0.39, 0.29) is 0 Å². The van der Waals surface area contributed by atoms with Gasteiger partial charge in [-0.3, -0.25) is 0 Å². The average Bonchev–Trinajstić information content (AvgIpc) is 2.22. The first kappa shape index (κ1) is 12.8. The van der Waals surface area contributed by atoms with Gasteiger partial charge in [-0.15, -0.1) is 0 Å². The second-order valence-electron chi connectivity index (χ2n) is 3.56. The fourth-order valence-corrected chi connectivity index (χ4v) is 1.56. The Balaban J connectivity index is 2.65. The molecule has 0 bridgehead atoms. The predicted molar refractivity (Wildman–Crippen MR) is 68.8 cm³/mol. The predicted octanol–water partition coefficient (Wildman–Crippen LogP) is 3.20. The molecule has 0 aliphatic rings. The number of aryl methyl sites for hydroxylation is 1. The zero-order chi connectivity index (χ0) is 12.1. The van der Waals surface area contributed by atoms with E-state index in [0.717, 1.165) is 15.7 Å². The number of benzene rings is 1. The van der Waals surface area contributed by atoms with Crippen LogP contribution in [-0.2, 0) is 4.79 Å². The van der Waals surface area contributed by atoms with Crippen molar-refractivity contribution in [1.29, 1.82) is 0 Å². The van der Waals surface area contributed by atoms with Gasteiger partial charge >= 0.3 is 5.97 Å². The zero-order valence-corrected chi connectivity index (χ0v) is 10.8. The minimum atomic E-state index is -0.884. The summed E-state index contributed by atoms with van der Waals surface area (Å²) in [5.74, 6) is -0.884. The smallest absolute Gasteiger partial charge is 0.331 e. The van der Waals surface area contributed by atoms with Crippen molar-refractivity contribution in [3.63, 3.8) is 0 Å². The Morgan fingerprint density at radius 1 is 1.56 bits per heavy atom. The molecule has 0 aliphatic carbocycles. The fraction of sp³-hybridized carbons (Fsp3) is 0.250. The Kier molecular flexibility index (Phi) is 4.55. The van der Waals surface area contributed by atoms with Crippen LogP contribution in [0.3, 0.4) is 0 Å². The molecule has 0 spiro atoms. The van der Waals surface area contributed by atoms with Crippen LogP contribution in [0.5, 0.6) is 0 Å². The van der Waals surface area contributed by atoms with Gasteiger partial charge in [-0.2, -0.15) is 0 Å². The van der Waals surface area contributed by atoms with E-state index >= 15 is 0 Å². The van der Waals surface area contributed by atoms with E-state index in [0.29, 0.717) is 12.1 Å². The van der Waals surface area contributed by atoms with Gasteiger partial charge in [0.1, 0.15) is 0 Å². The summed E-state index contributed by atoms with van der Waals surface area (Å²) in [6, 6.07) is 5.98. The van der Waals surface area contributed by atoms with E-state index < -0.39 is 5.97 Å². The highest BCUT2D eigenvalue weighted by atomic mass is 79.9. The van der Waals surface area contributed by atoms with Crippen molar-refractivity contribution in [2.75, 3.05) is 11.9 Å². The highest BCUT2D eigenvalue weighted by molar-refractivity contribution is 9.10. The molecule has 1 aromatic rings. The number of carboxylic acid groups (broad SMARTS) is 1. The molecule has 0 saturated carbocycles. The lowest BCUT2D eigenvalue weighted by molar-refractivity contribution is -0.132. The molecule has 3 nitrogen and oxygen atoms in total. The Hall–Kier alpha value is -1.29. The van der Waals surface area contributed by atoms with Crippen molar-refractivity contribution in [2.45, 2.75) is 13.8 Å². The van der Waals surface area contributed by atoms with Crippen molar-refractivity contribution in [3.8, 4) is 0 Å². The topological polar surface area (TPSA) is 49.3 Å². The van der Waals surface area contributed by atoms with Gasteiger partial charge in [0.2, 0.25) is 0 Å². The molecule has 1 rings (SSSR count). The first-order valence-electron chi connectivity index (χ1n) is 4.91. The molecule has 0 fully saturated rings. The number of aliphatic carboxylic acids is 1. The van der Waals surface area contributed by atoms with Crippen LogP contribution in [0.1, 0.15) is 12.5 Å². The Morgan fingerprint density at radius 3 is 2.88 bits per heavy atom. The van der Waals surface area contributed by atoms with Crippen LogP contribution in [0, 0.1) is 6.92 Å². The van der Waals surface area contributed by atoms with Crippen molar-refractivity contribution in [3.05, 3.63) is 39.9 Å². The minimum absolute atomic E-state index is 0.344. The molecule has 0 aromatic heterocycles. The molecule has 0 heterocycles. The zero-order valence-electron chi connectivity index (χ0n) is 9.25. The molecular weight excluding hydrogens is 270 g/mol. The largest absolute Gasteiger partial charge is 0.478 e. The average molecular weight is 284 g/mol. The Labute approximate surface area is 103 Å². The number of halogens is 1. The molecule has 0 unspecified atom stereocenters. The molecule has 1 aromatic carbocycles. The molecule has 4 heteroatoms. The SMILES string of the molecule is C/C(=C/CNc1cc(C)ccc1Br)C(=O)O. The van der Waals surface area contributed by atoms with E-state index in [1.54, 1.807) is 13.0 Å². The van der Waals surface area contributed by atoms with Gasteiger partial charge in [0.05, 0.1) is 0 Å². The third-order valence-electron chi connectivity index (χ3n) is 2.16. The van der Waals surface area contributed by atoms with Crippen LogP contribution < -0.4 is 5.32 Å². The fourth-order valence-electron chi connectivity index (χ4n) is 1.18. The van der Waals surface area contributed by atoms with Crippen molar-refractivity contribution in [2.24, 2.45) is 0 Å². The first-order chi connectivity index (χ1) is 7.50. The van der Waals surface area contributed by atoms with Crippen molar-refractivity contribution < 1.29 is 9.90 Å². The molecule has 2 N–H and O–H groups in total. The summed E-state index contributed by atoms with van der Waals surface area (Å²) < 4.78 is 0.972. The van der Waals surface area contributed by atoms with Crippen LogP contribution in [-0.4, -0.2) is 17.6 Å². The maximum Gasteiger partial charge on any atom is 0.331 e. The molecule has 86 valence electrons. The van der Waals surface area contributed by atoms with Gasteiger partial charge in [0, 0.05) is 22.3 Å². The standard InChI is InChI=1S/C12H14BrNO2/c1-8-3-4-10(13)11(7-8)14-6-5-9(2)12(15)16/h3-5,7,14H,6H2,1-2H3,(H,15,16)/b9-5-. The summed E-state index contributed by atoms with van der Waals surface area (Å²) in [4.78, 5) is 10.6. The van der Waals surface area contributed by atoms with E-state index in [1.807, 2.05) is 25.1 Å². The molecule has 0 atom stereocenters. The van der Waals surface area contributed by atoms with Crippen LogP contribution >= 0.6 is 15.9 Å². The Bertz CT molecular complexity index is 427. The maximum atomic E-state index is 10.6. The molecule has 16 heavy (non-hydrogen) atoms. The van der Waals surface area contributed by atoms with Gasteiger partial charge in [-0.05, 0) is 47.5 Å². The number of hydrogen-bond donors (Lipinski definition) is 2. The summed E-state index contributed by atoms with van der Waals surface area (Å²) in [5.41, 5.74) is 2.47. The summed E-state index contributed by atoms with van der Waals surface area (Å²) >= 11 is 3.43. The summed E-state index contributed by atoms with van der Waals surface area (Å²) in [6.45, 7) is 4.09. The van der Waals surface area contributed by atoms with Crippen LogP contribution in [0.4, 0.5) is 5.69 Å². The number of carboxylic acids is 1. The van der Waals surface area contributed by atoms with Crippen molar-refractivity contribution >= 4 is 27.6 Å². The van der Waals surface area contributed by atoms with Gasteiger partial charge in [-0.25, -0.2) is 4.79 Å². The van der Waals surface area contributed by atoms with Gasteiger partial charge in [0.15, 0.2) is 0 Å². The van der Waals surface area contributed by atoms with E-state index in [2.05, 4.69) is 21.2 Å². The van der Waals surface area contributed by atoms with Gasteiger partial charge in [-0.1, -0.05) is 12.1 Å². The van der Waals surface area contributed by atoms with E-state index in [1.165, 1.54) is 0 Å². The van der Waals surface area contributed by atoms with E-state index in [4.69, 9.17) is 5.11 Å². The third kappa shape index (κ3) is 3.70. The van der Waals surface area contributed by atoms with Crippen LogP contribution in [0.2, 0.25) is 0 Å². The molecule has 0 aliphatic heterocycles. The van der Waals surface area contributed by atoms with Gasteiger partial charge < -0.3 is 10.4 Å². The Morgan fingerprint density at radius 2 is 2.25 bits per heavy atom. The normalized spacial score (nSPS) is 11.3. The lowest BCUT2D eigenvalue weighted by Crippen LogP contribution is -2.03.